The molecule has 5 nitrogen and oxygen atoms in total. The van der Waals surface area contributed by atoms with Gasteiger partial charge in [0.05, 0.1) is 11.4 Å². The third kappa shape index (κ3) is 5.98. The summed E-state index contributed by atoms with van der Waals surface area (Å²) < 4.78 is 8.12. The number of nitrogens with zero attached hydrogens (tertiary/aromatic N) is 2. The summed E-state index contributed by atoms with van der Waals surface area (Å²) in [4.78, 5) is 0. The summed E-state index contributed by atoms with van der Waals surface area (Å²) in [6.45, 7) is 5.08. The molecule has 1 aromatic carbocycles. The van der Waals surface area contributed by atoms with E-state index >= 15 is 0 Å². The Bertz CT molecular complexity index is 773. The number of aromatic nitrogens is 2. The van der Waals surface area contributed by atoms with Crippen molar-refractivity contribution in [3.05, 3.63) is 53.9 Å². The molecule has 0 radical (unpaired) electrons. The predicted octanol–water partition coefficient (Wildman–Crippen LogP) is 5.19. The largest absolute Gasteiger partial charge is 0.471 e. The molecule has 27 heavy (non-hydrogen) atoms. The molecule has 0 saturated heterocycles. The fraction of sp³-hybridized carbons (Fsp3) is 0.455. The molecule has 0 bridgehead atoms. The second-order valence-corrected chi connectivity index (χ2v) is 7.44. The van der Waals surface area contributed by atoms with Gasteiger partial charge in [0.15, 0.2) is 0 Å². The van der Waals surface area contributed by atoms with E-state index in [-0.39, 0.29) is 0 Å². The monoisotopic (exact) mass is 366 g/mol. The number of para-hydroxylation sites is 1. The summed E-state index contributed by atoms with van der Waals surface area (Å²) in [5.41, 5.74) is 3.31. The molecule has 1 saturated carbocycles. The lowest BCUT2D eigenvalue weighted by Gasteiger charge is -2.22. The Balaban J connectivity index is 1.66. The van der Waals surface area contributed by atoms with Crippen LogP contribution >= 0.6 is 0 Å². The Morgan fingerprint density at radius 1 is 1.26 bits per heavy atom. The first-order chi connectivity index (χ1) is 13.1. The van der Waals surface area contributed by atoms with Gasteiger partial charge in [-0.15, -0.1) is 0 Å². The minimum Gasteiger partial charge on any atom is -0.471 e. The molecule has 0 atom stereocenters. The van der Waals surface area contributed by atoms with E-state index in [2.05, 4.69) is 10.4 Å². The number of benzene rings is 1. The van der Waals surface area contributed by atoms with Gasteiger partial charge in [0.25, 0.3) is 0 Å². The third-order valence-electron chi connectivity index (χ3n) is 4.87. The smallest absolute Gasteiger partial charge is 0.212 e. The average molecular weight is 367 g/mol. The van der Waals surface area contributed by atoms with Crippen LogP contribution in [-0.2, 0) is 6.54 Å². The fourth-order valence-electron chi connectivity index (χ4n) is 3.62. The predicted molar refractivity (Wildman–Crippen MR) is 111 cm³/mol. The van der Waals surface area contributed by atoms with E-state index in [1.165, 1.54) is 32.1 Å². The van der Waals surface area contributed by atoms with Crippen LogP contribution in [0.15, 0.2) is 48.2 Å². The SMILES string of the molecule is CC(=N)/C=C(/COc1cc(C)nn1CC1CCCCC1)Nc1ccccc1. The zero-order valence-electron chi connectivity index (χ0n) is 16.4. The lowest BCUT2D eigenvalue weighted by Crippen LogP contribution is -2.18. The van der Waals surface area contributed by atoms with Crippen molar-refractivity contribution >= 4 is 11.4 Å². The number of ether oxygens (including phenoxy) is 1. The Morgan fingerprint density at radius 2 is 2.00 bits per heavy atom. The van der Waals surface area contributed by atoms with Crippen molar-refractivity contribution in [1.82, 2.24) is 9.78 Å². The zero-order chi connectivity index (χ0) is 19.1. The number of aryl methyl sites for hydroxylation is 1. The molecule has 5 heteroatoms. The molecule has 1 aromatic heterocycles. The lowest BCUT2D eigenvalue weighted by atomic mass is 9.89. The standard InChI is InChI=1S/C22H30N4O/c1-17(23)13-21(24-20-11-7-4-8-12-20)16-27-22-14-18(2)25-26(22)15-19-9-5-3-6-10-19/h4,7-8,11-14,19,23-24H,3,5-6,9-10,15-16H2,1-2H3/b21-13-,23-17?. The van der Waals surface area contributed by atoms with Crippen molar-refractivity contribution in [2.75, 3.05) is 11.9 Å². The molecule has 1 heterocycles. The molecule has 3 rings (SSSR count). The first kappa shape index (κ1) is 19.2. The van der Waals surface area contributed by atoms with E-state index in [0.29, 0.717) is 18.2 Å². The normalized spacial score (nSPS) is 15.6. The second kappa shape index (κ2) is 9.40. The fourth-order valence-corrected chi connectivity index (χ4v) is 3.62. The van der Waals surface area contributed by atoms with Gasteiger partial charge in [-0.2, -0.15) is 5.10 Å². The molecule has 0 aliphatic heterocycles. The van der Waals surface area contributed by atoms with Crippen molar-refractivity contribution < 1.29 is 4.74 Å². The van der Waals surface area contributed by atoms with E-state index in [1.807, 2.05) is 54.1 Å². The van der Waals surface area contributed by atoms with Gasteiger partial charge >= 0.3 is 0 Å². The minimum absolute atomic E-state index is 0.376. The molecule has 0 spiro atoms. The average Bonchev–Trinajstić information content (AvgIpc) is 3.00. The molecule has 0 amide bonds. The number of nitrogens with one attached hydrogen (secondary N) is 2. The highest BCUT2D eigenvalue weighted by molar-refractivity contribution is 5.91. The zero-order valence-corrected chi connectivity index (χ0v) is 16.4. The summed E-state index contributed by atoms with van der Waals surface area (Å²) in [5.74, 6) is 1.50. The van der Waals surface area contributed by atoms with Crippen molar-refractivity contribution in [3.63, 3.8) is 0 Å². The Labute approximate surface area is 161 Å². The molecular formula is C22H30N4O. The number of hydrogen-bond donors (Lipinski definition) is 2. The van der Waals surface area contributed by atoms with Crippen LogP contribution in [0.5, 0.6) is 5.88 Å². The molecule has 2 N–H and O–H groups in total. The summed E-state index contributed by atoms with van der Waals surface area (Å²) in [7, 11) is 0. The number of allylic oxidation sites excluding steroid dienone is 1. The van der Waals surface area contributed by atoms with Crippen LogP contribution in [0, 0.1) is 18.3 Å². The maximum absolute atomic E-state index is 7.80. The minimum atomic E-state index is 0.376. The Hall–Kier alpha value is -2.56. The van der Waals surface area contributed by atoms with Crippen LogP contribution in [0.4, 0.5) is 5.69 Å². The van der Waals surface area contributed by atoms with E-state index < -0.39 is 0 Å². The van der Waals surface area contributed by atoms with E-state index in [4.69, 9.17) is 10.1 Å². The van der Waals surface area contributed by atoms with Crippen molar-refractivity contribution in [2.24, 2.45) is 5.92 Å². The van der Waals surface area contributed by atoms with Crippen molar-refractivity contribution in [1.29, 1.82) is 5.41 Å². The Kier molecular flexibility index (Phi) is 6.69. The first-order valence-electron chi connectivity index (χ1n) is 9.85. The second-order valence-electron chi connectivity index (χ2n) is 7.44. The van der Waals surface area contributed by atoms with Crippen molar-refractivity contribution in [3.8, 4) is 5.88 Å². The van der Waals surface area contributed by atoms with Crippen molar-refractivity contribution in [2.45, 2.75) is 52.5 Å². The summed E-state index contributed by atoms with van der Waals surface area (Å²) in [6, 6.07) is 12.0. The quantitative estimate of drug-likeness (QED) is 0.632. The maximum Gasteiger partial charge on any atom is 0.212 e. The molecular weight excluding hydrogens is 336 g/mol. The van der Waals surface area contributed by atoms with Crippen LogP contribution < -0.4 is 10.1 Å². The van der Waals surface area contributed by atoms with Crippen LogP contribution in [0.25, 0.3) is 0 Å². The van der Waals surface area contributed by atoms with Gasteiger partial charge < -0.3 is 15.5 Å². The van der Waals surface area contributed by atoms with E-state index in [9.17, 15) is 0 Å². The summed E-state index contributed by atoms with van der Waals surface area (Å²) in [6.07, 6.45) is 8.39. The number of anilines is 1. The van der Waals surface area contributed by atoms with Crippen LogP contribution in [0.1, 0.15) is 44.7 Å². The number of rotatable bonds is 8. The topological polar surface area (TPSA) is 62.9 Å². The van der Waals surface area contributed by atoms with Gasteiger partial charge in [-0.1, -0.05) is 37.5 Å². The molecule has 2 aromatic rings. The first-order valence-corrected chi connectivity index (χ1v) is 9.85. The molecule has 1 fully saturated rings. The molecule has 0 unspecified atom stereocenters. The highest BCUT2D eigenvalue weighted by Gasteiger charge is 2.17. The summed E-state index contributed by atoms with van der Waals surface area (Å²) >= 11 is 0. The van der Waals surface area contributed by atoms with Gasteiger partial charge in [0.2, 0.25) is 5.88 Å². The molecule has 1 aliphatic rings. The van der Waals surface area contributed by atoms with Gasteiger partial charge in [-0.05, 0) is 50.8 Å². The number of hydrogen-bond acceptors (Lipinski definition) is 4. The molecule has 1 aliphatic carbocycles. The Morgan fingerprint density at radius 3 is 2.70 bits per heavy atom. The van der Waals surface area contributed by atoms with E-state index in [1.54, 1.807) is 6.92 Å². The maximum atomic E-state index is 7.80. The highest BCUT2D eigenvalue weighted by Crippen LogP contribution is 2.27. The van der Waals surface area contributed by atoms with Crippen LogP contribution in [0.3, 0.4) is 0 Å². The highest BCUT2D eigenvalue weighted by atomic mass is 16.5. The van der Waals surface area contributed by atoms with Gasteiger partial charge in [0.1, 0.15) is 6.61 Å². The van der Waals surface area contributed by atoms with Gasteiger partial charge in [-0.25, -0.2) is 4.68 Å². The van der Waals surface area contributed by atoms with E-state index in [0.717, 1.165) is 29.5 Å². The van der Waals surface area contributed by atoms with Crippen LogP contribution in [-0.4, -0.2) is 22.1 Å². The lowest BCUT2D eigenvalue weighted by molar-refractivity contribution is 0.266. The van der Waals surface area contributed by atoms with Gasteiger partial charge in [-0.3, -0.25) is 0 Å². The summed E-state index contributed by atoms with van der Waals surface area (Å²) in [5, 5.41) is 15.8. The molecule has 144 valence electrons. The van der Waals surface area contributed by atoms with Crippen LogP contribution in [0.2, 0.25) is 0 Å². The van der Waals surface area contributed by atoms with Gasteiger partial charge in [0, 0.05) is 24.0 Å². The third-order valence-corrected chi connectivity index (χ3v) is 4.87.